The molecule has 118 valence electrons. The van der Waals surface area contributed by atoms with Gasteiger partial charge in [0.1, 0.15) is 5.75 Å². The van der Waals surface area contributed by atoms with E-state index in [0.717, 1.165) is 11.3 Å². The van der Waals surface area contributed by atoms with Crippen LogP contribution >= 0.6 is 0 Å². The van der Waals surface area contributed by atoms with Gasteiger partial charge in [-0.15, -0.1) is 0 Å². The number of rotatable bonds is 9. The van der Waals surface area contributed by atoms with Gasteiger partial charge >= 0.3 is 0 Å². The van der Waals surface area contributed by atoms with Gasteiger partial charge in [-0.3, -0.25) is 4.79 Å². The molecule has 0 aliphatic rings. The molecule has 1 rings (SSSR count). The summed E-state index contributed by atoms with van der Waals surface area (Å²) in [5.74, 6) is 0.890. The minimum Gasteiger partial charge on any atom is -0.494 e. The maximum Gasteiger partial charge on any atom is 0.220 e. The molecule has 0 aromatic heterocycles. The van der Waals surface area contributed by atoms with E-state index in [1.165, 1.54) is 0 Å². The molecule has 4 heteroatoms. The molecule has 0 saturated heterocycles. The summed E-state index contributed by atoms with van der Waals surface area (Å²) in [6.45, 7) is 7.37. The van der Waals surface area contributed by atoms with Crippen molar-refractivity contribution in [2.75, 3.05) is 19.8 Å². The first kappa shape index (κ1) is 17.5. The predicted octanol–water partition coefficient (Wildman–Crippen LogP) is 2.54. The number of hydrogen-bond acceptors (Lipinski definition) is 3. The van der Waals surface area contributed by atoms with Gasteiger partial charge in [0.05, 0.1) is 6.61 Å². The van der Waals surface area contributed by atoms with Crippen LogP contribution in [-0.4, -0.2) is 30.8 Å². The van der Waals surface area contributed by atoms with Gasteiger partial charge in [-0.1, -0.05) is 32.0 Å². The van der Waals surface area contributed by atoms with E-state index in [0.29, 0.717) is 32.4 Å². The topological polar surface area (TPSA) is 58.6 Å². The van der Waals surface area contributed by atoms with Crippen molar-refractivity contribution < 1.29 is 14.6 Å². The number of carbonyl (C=O) groups is 1. The van der Waals surface area contributed by atoms with E-state index >= 15 is 0 Å². The molecule has 1 amide bonds. The van der Waals surface area contributed by atoms with E-state index < -0.39 is 0 Å². The van der Waals surface area contributed by atoms with Crippen LogP contribution in [0.25, 0.3) is 0 Å². The monoisotopic (exact) mass is 293 g/mol. The molecule has 1 aromatic carbocycles. The molecule has 0 atom stereocenters. The molecule has 0 heterocycles. The standard InChI is InChI=1S/C17H27NO3/c1-4-21-15-8-6-5-7-14(15)9-10-16(20)18-13-17(2,3)11-12-19/h5-8,19H,4,9-13H2,1-3H3,(H,18,20). The third-order valence-corrected chi connectivity index (χ3v) is 3.45. The average Bonchev–Trinajstić information content (AvgIpc) is 2.44. The molecule has 0 bridgehead atoms. The van der Waals surface area contributed by atoms with Gasteiger partial charge in [0, 0.05) is 19.6 Å². The van der Waals surface area contributed by atoms with Crippen molar-refractivity contribution in [1.82, 2.24) is 5.32 Å². The first-order valence-electron chi connectivity index (χ1n) is 7.57. The largest absolute Gasteiger partial charge is 0.494 e. The maximum atomic E-state index is 11.9. The Hall–Kier alpha value is -1.55. The fraction of sp³-hybridized carbons (Fsp3) is 0.588. The molecule has 0 aliphatic carbocycles. The summed E-state index contributed by atoms with van der Waals surface area (Å²) in [7, 11) is 0. The summed E-state index contributed by atoms with van der Waals surface area (Å²) in [5.41, 5.74) is 0.984. The first-order valence-corrected chi connectivity index (χ1v) is 7.57. The maximum absolute atomic E-state index is 11.9. The van der Waals surface area contributed by atoms with Crippen molar-refractivity contribution in [1.29, 1.82) is 0 Å². The van der Waals surface area contributed by atoms with Crippen LogP contribution in [0.2, 0.25) is 0 Å². The number of carbonyl (C=O) groups excluding carboxylic acids is 1. The smallest absolute Gasteiger partial charge is 0.220 e. The van der Waals surface area contributed by atoms with E-state index in [2.05, 4.69) is 5.32 Å². The Morgan fingerprint density at radius 2 is 2.05 bits per heavy atom. The van der Waals surface area contributed by atoms with Gasteiger partial charge < -0.3 is 15.2 Å². The summed E-state index contributed by atoms with van der Waals surface area (Å²) in [5, 5.41) is 11.9. The van der Waals surface area contributed by atoms with Crippen molar-refractivity contribution in [3.05, 3.63) is 29.8 Å². The van der Waals surface area contributed by atoms with Crippen molar-refractivity contribution >= 4 is 5.91 Å². The van der Waals surface area contributed by atoms with Gasteiger partial charge in [0.15, 0.2) is 0 Å². The van der Waals surface area contributed by atoms with Crippen molar-refractivity contribution in [2.45, 2.75) is 40.0 Å². The molecule has 4 nitrogen and oxygen atoms in total. The summed E-state index contributed by atoms with van der Waals surface area (Å²) in [4.78, 5) is 11.9. The van der Waals surface area contributed by atoms with Crippen LogP contribution in [0.4, 0.5) is 0 Å². The Morgan fingerprint density at radius 3 is 2.71 bits per heavy atom. The van der Waals surface area contributed by atoms with Crippen LogP contribution in [0.1, 0.15) is 39.2 Å². The SMILES string of the molecule is CCOc1ccccc1CCC(=O)NCC(C)(C)CCO. The number of benzene rings is 1. The molecule has 2 N–H and O–H groups in total. The first-order chi connectivity index (χ1) is 9.98. The molecular formula is C17H27NO3. The Morgan fingerprint density at radius 1 is 1.33 bits per heavy atom. The molecule has 0 aliphatic heterocycles. The number of ether oxygens (including phenoxy) is 1. The van der Waals surface area contributed by atoms with E-state index in [4.69, 9.17) is 9.84 Å². The van der Waals surface area contributed by atoms with Gasteiger partial charge in [-0.25, -0.2) is 0 Å². The fourth-order valence-electron chi connectivity index (χ4n) is 2.07. The Kier molecular flexibility index (Phi) is 7.23. The zero-order valence-electron chi connectivity index (χ0n) is 13.3. The highest BCUT2D eigenvalue weighted by Crippen LogP contribution is 2.20. The Bertz CT molecular complexity index is 443. The lowest BCUT2D eigenvalue weighted by Gasteiger charge is -2.23. The molecule has 0 radical (unpaired) electrons. The zero-order valence-corrected chi connectivity index (χ0v) is 13.3. The van der Waals surface area contributed by atoms with Crippen LogP contribution < -0.4 is 10.1 Å². The summed E-state index contributed by atoms with van der Waals surface area (Å²) < 4.78 is 5.56. The second kappa shape index (κ2) is 8.67. The zero-order chi connectivity index (χ0) is 15.7. The lowest BCUT2D eigenvalue weighted by Crippen LogP contribution is -2.34. The van der Waals surface area contributed by atoms with E-state index in [1.807, 2.05) is 45.0 Å². The second-order valence-corrected chi connectivity index (χ2v) is 5.96. The van der Waals surface area contributed by atoms with Crippen molar-refractivity contribution in [3.63, 3.8) is 0 Å². The van der Waals surface area contributed by atoms with Crippen LogP contribution in [0.3, 0.4) is 0 Å². The minimum absolute atomic E-state index is 0.0346. The van der Waals surface area contributed by atoms with Gasteiger partial charge in [0.2, 0.25) is 5.91 Å². The minimum atomic E-state index is -0.0758. The number of aliphatic hydroxyl groups excluding tert-OH is 1. The van der Waals surface area contributed by atoms with Gasteiger partial charge in [0.25, 0.3) is 0 Å². The molecule has 0 fully saturated rings. The third-order valence-electron chi connectivity index (χ3n) is 3.45. The second-order valence-electron chi connectivity index (χ2n) is 5.96. The quantitative estimate of drug-likeness (QED) is 0.735. The number of amides is 1. The highest BCUT2D eigenvalue weighted by molar-refractivity contribution is 5.76. The molecule has 0 spiro atoms. The highest BCUT2D eigenvalue weighted by Gasteiger charge is 2.18. The molecule has 1 aromatic rings. The van der Waals surface area contributed by atoms with Crippen LogP contribution in [-0.2, 0) is 11.2 Å². The molecule has 0 unspecified atom stereocenters. The normalized spacial score (nSPS) is 11.2. The lowest BCUT2D eigenvalue weighted by atomic mass is 9.90. The van der Waals surface area contributed by atoms with E-state index in [-0.39, 0.29) is 17.9 Å². The van der Waals surface area contributed by atoms with E-state index in [1.54, 1.807) is 0 Å². The molecule has 0 saturated carbocycles. The van der Waals surface area contributed by atoms with Gasteiger partial charge in [-0.05, 0) is 36.8 Å². The Labute approximate surface area is 127 Å². The number of para-hydroxylation sites is 1. The average molecular weight is 293 g/mol. The third kappa shape index (κ3) is 6.63. The fourth-order valence-corrected chi connectivity index (χ4v) is 2.07. The lowest BCUT2D eigenvalue weighted by molar-refractivity contribution is -0.121. The van der Waals surface area contributed by atoms with Gasteiger partial charge in [-0.2, -0.15) is 0 Å². The van der Waals surface area contributed by atoms with E-state index in [9.17, 15) is 4.79 Å². The molecular weight excluding hydrogens is 266 g/mol. The number of nitrogens with one attached hydrogen (secondary N) is 1. The molecule has 21 heavy (non-hydrogen) atoms. The Balaban J connectivity index is 2.43. The van der Waals surface area contributed by atoms with Crippen molar-refractivity contribution in [2.24, 2.45) is 5.41 Å². The van der Waals surface area contributed by atoms with Crippen LogP contribution in [0.15, 0.2) is 24.3 Å². The highest BCUT2D eigenvalue weighted by atomic mass is 16.5. The summed E-state index contributed by atoms with van der Waals surface area (Å²) in [6, 6.07) is 7.82. The van der Waals surface area contributed by atoms with Crippen molar-refractivity contribution in [3.8, 4) is 5.75 Å². The number of aliphatic hydroxyl groups is 1. The predicted molar refractivity (Wildman–Crippen MR) is 84.4 cm³/mol. The van der Waals surface area contributed by atoms with Crippen LogP contribution in [0.5, 0.6) is 5.75 Å². The van der Waals surface area contributed by atoms with Crippen LogP contribution in [0, 0.1) is 5.41 Å². The summed E-state index contributed by atoms with van der Waals surface area (Å²) in [6.07, 6.45) is 1.79. The number of hydrogen-bond donors (Lipinski definition) is 2. The summed E-state index contributed by atoms with van der Waals surface area (Å²) >= 11 is 0. The number of aryl methyl sites for hydroxylation is 1.